The summed E-state index contributed by atoms with van der Waals surface area (Å²) in [6.45, 7) is 3.14. The van der Waals surface area contributed by atoms with Gasteiger partial charge < -0.3 is 5.32 Å². The number of nitrogens with one attached hydrogen (secondary N) is 1. The Labute approximate surface area is 127 Å². The molecular weight excluding hydrogens is 270 g/mol. The van der Waals surface area contributed by atoms with Gasteiger partial charge in [0.2, 0.25) is 0 Å². The molecule has 4 heteroatoms. The summed E-state index contributed by atoms with van der Waals surface area (Å²) in [4.78, 5) is 0. The standard InChI is InChI=1S/C16H26ClN3/c1-3-6-20-16(14(17)10-19-20)15(18-2)9-13-8-11-4-5-12(13)7-11/h10-13,15,18H,3-9H2,1-2H3. The molecule has 0 spiro atoms. The molecule has 0 amide bonds. The molecule has 0 aromatic carbocycles. The molecule has 1 aromatic rings. The Morgan fingerprint density at radius 3 is 2.90 bits per heavy atom. The van der Waals surface area contributed by atoms with Crippen LogP contribution in [-0.2, 0) is 6.54 Å². The van der Waals surface area contributed by atoms with Crippen molar-refractivity contribution in [1.82, 2.24) is 15.1 Å². The van der Waals surface area contributed by atoms with Crippen molar-refractivity contribution in [2.24, 2.45) is 17.8 Å². The number of hydrogen-bond acceptors (Lipinski definition) is 2. The van der Waals surface area contributed by atoms with Crippen LogP contribution in [0.2, 0.25) is 5.02 Å². The van der Waals surface area contributed by atoms with Crippen LogP contribution in [0.3, 0.4) is 0 Å². The van der Waals surface area contributed by atoms with Crippen LogP contribution < -0.4 is 5.32 Å². The molecular formula is C16H26ClN3. The maximum absolute atomic E-state index is 6.40. The highest BCUT2D eigenvalue weighted by atomic mass is 35.5. The van der Waals surface area contributed by atoms with E-state index in [0.29, 0.717) is 6.04 Å². The molecule has 0 radical (unpaired) electrons. The summed E-state index contributed by atoms with van der Waals surface area (Å²) < 4.78 is 2.09. The highest BCUT2D eigenvalue weighted by Crippen LogP contribution is 2.51. The lowest BCUT2D eigenvalue weighted by Crippen LogP contribution is -2.25. The van der Waals surface area contributed by atoms with Gasteiger partial charge in [-0.15, -0.1) is 0 Å². The average molecular weight is 296 g/mol. The van der Waals surface area contributed by atoms with Gasteiger partial charge in [-0.3, -0.25) is 4.68 Å². The van der Waals surface area contributed by atoms with Gasteiger partial charge in [-0.1, -0.05) is 24.9 Å². The van der Waals surface area contributed by atoms with Gasteiger partial charge in [0.1, 0.15) is 0 Å². The first-order chi connectivity index (χ1) is 9.72. The summed E-state index contributed by atoms with van der Waals surface area (Å²) in [5, 5.41) is 8.75. The molecule has 4 unspecified atom stereocenters. The molecule has 4 atom stereocenters. The van der Waals surface area contributed by atoms with E-state index in [1.807, 2.05) is 0 Å². The van der Waals surface area contributed by atoms with Crippen LogP contribution >= 0.6 is 11.6 Å². The predicted molar refractivity (Wildman–Crippen MR) is 82.9 cm³/mol. The maximum atomic E-state index is 6.40. The largest absolute Gasteiger partial charge is 0.312 e. The summed E-state index contributed by atoms with van der Waals surface area (Å²) >= 11 is 6.40. The summed E-state index contributed by atoms with van der Waals surface area (Å²) in [5.41, 5.74) is 1.19. The van der Waals surface area contributed by atoms with Crippen molar-refractivity contribution in [3.63, 3.8) is 0 Å². The van der Waals surface area contributed by atoms with Crippen LogP contribution in [0.25, 0.3) is 0 Å². The maximum Gasteiger partial charge on any atom is 0.0834 e. The number of nitrogens with zero attached hydrogens (tertiary/aromatic N) is 2. The normalized spacial score (nSPS) is 30.1. The highest BCUT2D eigenvalue weighted by molar-refractivity contribution is 6.31. The fourth-order valence-corrected chi connectivity index (χ4v) is 4.72. The van der Waals surface area contributed by atoms with E-state index in [9.17, 15) is 0 Å². The molecule has 20 heavy (non-hydrogen) atoms. The Morgan fingerprint density at radius 2 is 2.30 bits per heavy atom. The van der Waals surface area contributed by atoms with Gasteiger partial charge in [0.05, 0.1) is 23.0 Å². The second-order valence-corrected chi connectivity index (χ2v) is 7.02. The fourth-order valence-electron chi connectivity index (χ4n) is 4.44. The van der Waals surface area contributed by atoms with Crippen molar-refractivity contribution < 1.29 is 0 Å². The van der Waals surface area contributed by atoms with Crippen molar-refractivity contribution >= 4 is 11.6 Å². The smallest absolute Gasteiger partial charge is 0.0834 e. The number of hydrogen-bond donors (Lipinski definition) is 1. The first-order valence-electron chi connectivity index (χ1n) is 8.11. The summed E-state index contributed by atoms with van der Waals surface area (Å²) in [7, 11) is 2.05. The van der Waals surface area contributed by atoms with Gasteiger partial charge in [0, 0.05) is 6.54 Å². The number of rotatable bonds is 6. The summed E-state index contributed by atoms with van der Waals surface area (Å²) in [6, 6.07) is 0.348. The minimum absolute atomic E-state index is 0.348. The third-order valence-corrected chi connectivity index (χ3v) is 5.66. The van der Waals surface area contributed by atoms with Gasteiger partial charge >= 0.3 is 0 Å². The lowest BCUT2D eigenvalue weighted by molar-refractivity contribution is 0.278. The van der Waals surface area contributed by atoms with E-state index in [0.717, 1.165) is 35.7 Å². The van der Waals surface area contributed by atoms with Gasteiger partial charge in [0.15, 0.2) is 0 Å². The van der Waals surface area contributed by atoms with E-state index in [4.69, 9.17) is 11.6 Å². The van der Waals surface area contributed by atoms with Crippen LogP contribution in [-0.4, -0.2) is 16.8 Å². The van der Waals surface area contributed by atoms with Crippen LogP contribution in [0.15, 0.2) is 6.20 Å². The van der Waals surface area contributed by atoms with Crippen molar-refractivity contribution in [3.8, 4) is 0 Å². The highest BCUT2D eigenvalue weighted by Gasteiger charge is 2.40. The zero-order valence-electron chi connectivity index (χ0n) is 12.6. The molecule has 1 aromatic heterocycles. The quantitative estimate of drug-likeness (QED) is 0.858. The third-order valence-electron chi connectivity index (χ3n) is 5.37. The third kappa shape index (κ3) is 2.62. The van der Waals surface area contributed by atoms with Crippen LogP contribution in [0.1, 0.15) is 57.2 Å². The van der Waals surface area contributed by atoms with Gasteiger partial charge in [-0.25, -0.2) is 0 Å². The average Bonchev–Trinajstić information content (AvgIpc) is 3.13. The van der Waals surface area contributed by atoms with Crippen LogP contribution in [0.5, 0.6) is 0 Å². The molecule has 1 heterocycles. The van der Waals surface area contributed by atoms with E-state index in [2.05, 4.69) is 29.1 Å². The lowest BCUT2D eigenvalue weighted by atomic mass is 9.83. The van der Waals surface area contributed by atoms with Crippen molar-refractivity contribution in [2.75, 3.05) is 7.05 Å². The first-order valence-corrected chi connectivity index (χ1v) is 8.49. The zero-order valence-corrected chi connectivity index (χ0v) is 13.4. The topological polar surface area (TPSA) is 29.9 Å². The Bertz CT molecular complexity index is 457. The monoisotopic (exact) mass is 295 g/mol. The molecule has 1 N–H and O–H groups in total. The summed E-state index contributed by atoms with van der Waals surface area (Å²) in [5.74, 6) is 2.86. The molecule has 3 rings (SSSR count). The Kier molecular flexibility index (Phi) is 4.37. The fraction of sp³-hybridized carbons (Fsp3) is 0.812. The second-order valence-electron chi connectivity index (χ2n) is 6.61. The molecule has 112 valence electrons. The predicted octanol–water partition coefficient (Wildman–Crippen LogP) is 4.03. The Hall–Kier alpha value is -0.540. The van der Waals surface area contributed by atoms with E-state index in [-0.39, 0.29) is 0 Å². The minimum atomic E-state index is 0.348. The molecule has 2 aliphatic carbocycles. The molecule has 2 saturated carbocycles. The SMILES string of the molecule is CCCn1ncc(Cl)c1C(CC1CC2CCC1C2)NC. The van der Waals surface area contributed by atoms with E-state index < -0.39 is 0 Å². The molecule has 2 bridgehead atoms. The van der Waals surface area contributed by atoms with Crippen LogP contribution in [0, 0.1) is 17.8 Å². The van der Waals surface area contributed by atoms with Gasteiger partial charge in [0.25, 0.3) is 0 Å². The Morgan fingerprint density at radius 1 is 1.45 bits per heavy atom. The van der Waals surface area contributed by atoms with E-state index in [1.165, 1.54) is 37.8 Å². The minimum Gasteiger partial charge on any atom is -0.312 e. The molecule has 2 aliphatic rings. The Balaban J connectivity index is 1.74. The van der Waals surface area contributed by atoms with Crippen molar-refractivity contribution in [2.45, 2.75) is 58.0 Å². The second kappa shape index (κ2) is 6.07. The first kappa shape index (κ1) is 14.4. The molecule has 0 saturated heterocycles. The number of fused-ring (bicyclic) bond motifs is 2. The lowest BCUT2D eigenvalue weighted by Gasteiger charge is -2.27. The van der Waals surface area contributed by atoms with Gasteiger partial charge in [-0.05, 0) is 56.9 Å². The summed E-state index contributed by atoms with van der Waals surface area (Å²) in [6.07, 6.45) is 9.94. The van der Waals surface area contributed by atoms with Crippen molar-refractivity contribution in [1.29, 1.82) is 0 Å². The number of aryl methyl sites for hydroxylation is 1. The van der Waals surface area contributed by atoms with Crippen LogP contribution in [0.4, 0.5) is 0 Å². The molecule has 3 nitrogen and oxygen atoms in total. The van der Waals surface area contributed by atoms with Crippen molar-refractivity contribution in [3.05, 3.63) is 16.9 Å². The molecule has 2 fully saturated rings. The molecule has 0 aliphatic heterocycles. The van der Waals surface area contributed by atoms with Gasteiger partial charge in [-0.2, -0.15) is 5.10 Å². The zero-order chi connectivity index (χ0) is 14.1. The van der Waals surface area contributed by atoms with E-state index in [1.54, 1.807) is 6.20 Å². The number of aromatic nitrogens is 2. The van der Waals surface area contributed by atoms with E-state index >= 15 is 0 Å². The number of halogens is 1.